The Labute approximate surface area is 94.8 Å². The monoisotopic (exact) mass is 214 g/mol. The third-order valence-electron chi connectivity index (χ3n) is 2.37. The molecule has 0 radical (unpaired) electrons. The molecular weight excluding hydrogens is 200 g/mol. The lowest BCUT2D eigenvalue weighted by atomic mass is 10.1. The Hall–Kier alpha value is -1.90. The van der Waals surface area contributed by atoms with Crippen molar-refractivity contribution < 1.29 is 5.11 Å². The van der Waals surface area contributed by atoms with Crippen LogP contribution < -0.4 is 0 Å². The van der Waals surface area contributed by atoms with E-state index in [1.165, 1.54) is 0 Å². The summed E-state index contributed by atoms with van der Waals surface area (Å²) in [4.78, 5) is 8.58. The summed E-state index contributed by atoms with van der Waals surface area (Å²) in [5, 5.41) is 9.38. The van der Waals surface area contributed by atoms with E-state index in [0.29, 0.717) is 5.92 Å². The molecule has 0 aliphatic heterocycles. The highest BCUT2D eigenvalue weighted by Crippen LogP contribution is 2.22. The molecule has 0 unspecified atom stereocenters. The minimum Gasteiger partial charge on any atom is -0.508 e. The van der Waals surface area contributed by atoms with Gasteiger partial charge in [0.15, 0.2) is 0 Å². The average Bonchev–Trinajstić information content (AvgIpc) is 2.29. The van der Waals surface area contributed by atoms with Gasteiger partial charge in [-0.25, -0.2) is 9.97 Å². The molecule has 0 aliphatic rings. The predicted octanol–water partition coefficient (Wildman–Crippen LogP) is 2.97. The molecule has 1 aromatic carbocycles. The van der Waals surface area contributed by atoms with Gasteiger partial charge in [-0.05, 0) is 17.7 Å². The fourth-order valence-electron chi connectivity index (χ4n) is 1.47. The molecule has 1 heterocycles. The van der Waals surface area contributed by atoms with Gasteiger partial charge >= 0.3 is 0 Å². The van der Waals surface area contributed by atoms with Crippen molar-refractivity contribution in [1.29, 1.82) is 0 Å². The van der Waals surface area contributed by atoms with Crippen LogP contribution >= 0.6 is 0 Å². The summed E-state index contributed by atoms with van der Waals surface area (Å²) in [6.45, 7) is 4.12. The number of hydrogen-bond donors (Lipinski definition) is 1. The van der Waals surface area contributed by atoms with Crippen LogP contribution in [0.15, 0.2) is 36.7 Å². The number of aromatic nitrogens is 2. The fourth-order valence-corrected chi connectivity index (χ4v) is 1.47. The molecule has 1 N–H and O–H groups in total. The molecule has 82 valence electrons. The average molecular weight is 214 g/mol. The molecular formula is C13H14N2O. The lowest BCUT2D eigenvalue weighted by Crippen LogP contribution is -1.96. The first kappa shape index (κ1) is 10.6. The highest BCUT2D eigenvalue weighted by atomic mass is 16.3. The summed E-state index contributed by atoms with van der Waals surface area (Å²) in [7, 11) is 0. The number of rotatable bonds is 2. The lowest BCUT2D eigenvalue weighted by molar-refractivity contribution is 0.475. The molecule has 0 atom stereocenters. The van der Waals surface area contributed by atoms with Gasteiger partial charge in [-0.3, -0.25) is 0 Å². The van der Waals surface area contributed by atoms with Crippen molar-refractivity contribution >= 4 is 0 Å². The van der Waals surface area contributed by atoms with Crippen LogP contribution in [0.4, 0.5) is 0 Å². The minimum atomic E-state index is 0.255. The van der Waals surface area contributed by atoms with Gasteiger partial charge in [0.1, 0.15) is 11.6 Å². The van der Waals surface area contributed by atoms with Gasteiger partial charge < -0.3 is 5.11 Å². The van der Waals surface area contributed by atoms with Crippen LogP contribution in [0.5, 0.6) is 5.75 Å². The second kappa shape index (κ2) is 4.31. The maximum Gasteiger partial charge on any atom is 0.130 e. The van der Waals surface area contributed by atoms with Crippen LogP contribution in [0.25, 0.3) is 11.1 Å². The quantitative estimate of drug-likeness (QED) is 0.835. The number of phenols is 1. The van der Waals surface area contributed by atoms with Gasteiger partial charge in [-0.15, -0.1) is 0 Å². The fraction of sp³-hybridized carbons (Fsp3) is 0.231. The summed E-state index contributed by atoms with van der Waals surface area (Å²) in [6, 6.07) is 7.08. The van der Waals surface area contributed by atoms with Crippen molar-refractivity contribution in [1.82, 2.24) is 9.97 Å². The summed E-state index contributed by atoms with van der Waals surface area (Å²) in [6.07, 6.45) is 3.58. The minimum absolute atomic E-state index is 0.255. The number of nitrogens with zero attached hydrogens (tertiary/aromatic N) is 2. The summed E-state index contributed by atoms with van der Waals surface area (Å²) in [5.74, 6) is 1.42. The van der Waals surface area contributed by atoms with E-state index in [4.69, 9.17) is 0 Å². The first-order valence-electron chi connectivity index (χ1n) is 5.28. The Bertz CT molecular complexity index is 478. The first-order chi connectivity index (χ1) is 7.66. The van der Waals surface area contributed by atoms with Crippen LogP contribution in [0.3, 0.4) is 0 Å². The van der Waals surface area contributed by atoms with Crippen LogP contribution in [0.2, 0.25) is 0 Å². The molecule has 2 aromatic rings. The third-order valence-corrected chi connectivity index (χ3v) is 2.37. The molecule has 1 aromatic heterocycles. The van der Waals surface area contributed by atoms with E-state index < -0.39 is 0 Å². The summed E-state index contributed by atoms with van der Waals surface area (Å²) < 4.78 is 0. The number of aromatic hydroxyl groups is 1. The zero-order valence-corrected chi connectivity index (χ0v) is 9.38. The van der Waals surface area contributed by atoms with E-state index in [1.807, 2.05) is 6.07 Å². The SMILES string of the molecule is CC(C)c1ncc(-c2cccc(O)c2)cn1. The van der Waals surface area contributed by atoms with Crippen molar-refractivity contribution in [2.45, 2.75) is 19.8 Å². The van der Waals surface area contributed by atoms with Crippen molar-refractivity contribution in [3.63, 3.8) is 0 Å². The summed E-state index contributed by atoms with van der Waals surface area (Å²) in [5.41, 5.74) is 1.84. The van der Waals surface area contributed by atoms with Crippen LogP contribution in [0, 0.1) is 0 Å². The van der Waals surface area contributed by atoms with Crippen LogP contribution in [0.1, 0.15) is 25.6 Å². The standard InChI is InChI=1S/C13H14N2O/c1-9(2)13-14-7-11(8-15-13)10-4-3-5-12(16)6-10/h3-9,16H,1-2H3. The zero-order valence-electron chi connectivity index (χ0n) is 9.38. The van der Waals surface area contributed by atoms with E-state index in [9.17, 15) is 5.11 Å². The zero-order chi connectivity index (χ0) is 11.5. The molecule has 0 fully saturated rings. The highest BCUT2D eigenvalue weighted by Gasteiger charge is 2.04. The molecule has 3 heteroatoms. The van der Waals surface area contributed by atoms with Crippen LogP contribution in [-0.4, -0.2) is 15.1 Å². The van der Waals surface area contributed by atoms with E-state index in [1.54, 1.807) is 30.6 Å². The smallest absolute Gasteiger partial charge is 0.130 e. The van der Waals surface area contributed by atoms with Crippen molar-refractivity contribution in [2.75, 3.05) is 0 Å². The number of phenolic OH excluding ortho intramolecular Hbond substituents is 1. The topological polar surface area (TPSA) is 46.0 Å². The molecule has 2 rings (SSSR count). The Morgan fingerprint density at radius 1 is 1.06 bits per heavy atom. The van der Waals surface area contributed by atoms with E-state index in [-0.39, 0.29) is 5.75 Å². The normalized spacial score (nSPS) is 10.7. The predicted molar refractivity (Wildman–Crippen MR) is 63.2 cm³/mol. The Morgan fingerprint density at radius 2 is 1.75 bits per heavy atom. The maximum absolute atomic E-state index is 9.38. The van der Waals surface area contributed by atoms with E-state index in [2.05, 4.69) is 23.8 Å². The van der Waals surface area contributed by atoms with Crippen LogP contribution in [-0.2, 0) is 0 Å². The van der Waals surface area contributed by atoms with Gasteiger partial charge in [0.05, 0.1) is 0 Å². The Kier molecular flexibility index (Phi) is 2.86. The second-order valence-electron chi connectivity index (χ2n) is 4.03. The Morgan fingerprint density at radius 3 is 2.31 bits per heavy atom. The van der Waals surface area contributed by atoms with Gasteiger partial charge in [0, 0.05) is 23.9 Å². The number of benzene rings is 1. The first-order valence-corrected chi connectivity index (χ1v) is 5.28. The second-order valence-corrected chi connectivity index (χ2v) is 4.03. The molecule has 0 saturated heterocycles. The van der Waals surface area contributed by atoms with E-state index >= 15 is 0 Å². The Balaban J connectivity index is 2.35. The lowest BCUT2D eigenvalue weighted by Gasteiger charge is -2.05. The largest absolute Gasteiger partial charge is 0.508 e. The van der Waals surface area contributed by atoms with Gasteiger partial charge in [-0.2, -0.15) is 0 Å². The molecule has 0 amide bonds. The van der Waals surface area contributed by atoms with Gasteiger partial charge in [0.2, 0.25) is 0 Å². The molecule has 16 heavy (non-hydrogen) atoms. The van der Waals surface area contributed by atoms with Crippen molar-refractivity contribution in [3.05, 3.63) is 42.5 Å². The summed E-state index contributed by atoms with van der Waals surface area (Å²) >= 11 is 0. The number of hydrogen-bond acceptors (Lipinski definition) is 3. The molecule has 0 saturated carbocycles. The van der Waals surface area contributed by atoms with E-state index in [0.717, 1.165) is 17.0 Å². The highest BCUT2D eigenvalue weighted by molar-refractivity contribution is 5.63. The third kappa shape index (κ3) is 2.19. The molecule has 0 spiro atoms. The molecule has 0 bridgehead atoms. The molecule has 0 aliphatic carbocycles. The molecule has 3 nitrogen and oxygen atoms in total. The van der Waals surface area contributed by atoms with Gasteiger partial charge in [-0.1, -0.05) is 26.0 Å². The maximum atomic E-state index is 9.38. The van der Waals surface area contributed by atoms with Crippen molar-refractivity contribution in [2.24, 2.45) is 0 Å². The van der Waals surface area contributed by atoms with Gasteiger partial charge in [0.25, 0.3) is 0 Å². The van der Waals surface area contributed by atoms with Crippen molar-refractivity contribution in [3.8, 4) is 16.9 Å².